The highest BCUT2D eigenvalue weighted by Gasteiger charge is 2.18. The highest BCUT2D eigenvalue weighted by atomic mass is 32.1. The Kier molecular flexibility index (Phi) is 4.11. The van der Waals surface area contributed by atoms with Crippen molar-refractivity contribution in [2.75, 3.05) is 19.6 Å². The molecule has 0 saturated carbocycles. The number of rotatable bonds is 4. The highest BCUT2D eigenvalue weighted by Crippen LogP contribution is 2.21. The fourth-order valence-corrected chi connectivity index (χ4v) is 2.76. The number of nitrogens with zero attached hydrogens (tertiary/aromatic N) is 2. The van der Waals surface area contributed by atoms with Crippen LogP contribution in [0.5, 0.6) is 0 Å². The summed E-state index contributed by atoms with van der Waals surface area (Å²) < 4.78 is 0. The molecule has 0 aliphatic carbocycles. The van der Waals surface area contributed by atoms with Gasteiger partial charge in [0.05, 0.1) is 11.2 Å². The first-order chi connectivity index (χ1) is 7.38. The lowest BCUT2D eigenvalue weighted by molar-refractivity contribution is 0.172. The summed E-state index contributed by atoms with van der Waals surface area (Å²) in [4.78, 5) is 6.82. The fourth-order valence-electron chi connectivity index (χ4n) is 2.21. The topological polar surface area (TPSA) is 42.1 Å². The van der Waals surface area contributed by atoms with Gasteiger partial charge in [-0.1, -0.05) is 0 Å². The van der Waals surface area contributed by atoms with Gasteiger partial charge in [-0.2, -0.15) is 0 Å². The third kappa shape index (κ3) is 3.26. The Morgan fingerprint density at radius 3 is 2.87 bits per heavy atom. The molecule has 0 atom stereocenters. The van der Waals surface area contributed by atoms with Crippen molar-refractivity contribution in [2.45, 2.75) is 25.8 Å². The summed E-state index contributed by atoms with van der Waals surface area (Å²) in [5.41, 5.74) is 8.71. The van der Waals surface area contributed by atoms with Crippen LogP contribution < -0.4 is 5.73 Å². The summed E-state index contributed by atoms with van der Waals surface area (Å²) in [6.45, 7) is 4.29. The zero-order valence-electron chi connectivity index (χ0n) is 9.06. The van der Waals surface area contributed by atoms with Gasteiger partial charge < -0.3 is 5.73 Å². The number of hydrogen-bond acceptors (Lipinski definition) is 4. The summed E-state index contributed by atoms with van der Waals surface area (Å²) in [7, 11) is 0. The van der Waals surface area contributed by atoms with Gasteiger partial charge in [-0.25, -0.2) is 4.98 Å². The van der Waals surface area contributed by atoms with Crippen LogP contribution in [-0.4, -0.2) is 29.5 Å². The van der Waals surface area contributed by atoms with Crippen LogP contribution in [0.4, 0.5) is 0 Å². The molecule has 1 aliphatic heterocycles. The van der Waals surface area contributed by atoms with E-state index >= 15 is 0 Å². The molecule has 84 valence electrons. The second kappa shape index (κ2) is 5.58. The van der Waals surface area contributed by atoms with Crippen molar-refractivity contribution in [3.8, 4) is 0 Å². The molecule has 1 fully saturated rings. The lowest BCUT2D eigenvalue weighted by Crippen LogP contribution is -2.33. The minimum Gasteiger partial charge on any atom is -0.330 e. The quantitative estimate of drug-likeness (QED) is 0.848. The van der Waals surface area contributed by atoms with Gasteiger partial charge in [0, 0.05) is 11.9 Å². The van der Waals surface area contributed by atoms with E-state index < -0.39 is 0 Å². The van der Waals surface area contributed by atoms with Gasteiger partial charge in [0.25, 0.3) is 0 Å². The summed E-state index contributed by atoms with van der Waals surface area (Å²) in [5, 5.41) is 2.14. The molecule has 1 aliphatic rings. The molecule has 0 unspecified atom stereocenters. The van der Waals surface area contributed by atoms with Crippen LogP contribution in [0, 0.1) is 5.92 Å². The highest BCUT2D eigenvalue weighted by molar-refractivity contribution is 7.07. The maximum atomic E-state index is 5.58. The molecule has 1 aromatic heterocycles. The zero-order chi connectivity index (χ0) is 10.5. The zero-order valence-corrected chi connectivity index (χ0v) is 9.88. The van der Waals surface area contributed by atoms with Crippen LogP contribution in [-0.2, 0) is 6.54 Å². The molecule has 2 rings (SSSR count). The van der Waals surface area contributed by atoms with Gasteiger partial charge >= 0.3 is 0 Å². The van der Waals surface area contributed by atoms with Gasteiger partial charge in [0.15, 0.2) is 0 Å². The third-order valence-corrected chi connectivity index (χ3v) is 3.79. The smallest absolute Gasteiger partial charge is 0.0795 e. The van der Waals surface area contributed by atoms with E-state index in [0.717, 1.165) is 19.0 Å². The lowest BCUT2D eigenvalue weighted by Gasteiger charge is -2.31. The molecule has 4 heteroatoms. The summed E-state index contributed by atoms with van der Waals surface area (Å²) in [6.07, 6.45) is 3.81. The Morgan fingerprint density at radius 1 is 1.47 bits per heavy atom. The Hall–Kier alpha value is -0.450. The maximum absolute atomic E-state index is 5.58. The molecule has 0 spiro atoms. The van der Waals surface area contributed by atoms with Crippen molar-refractivity contribution in [3.05, 3.63) is 16.6 Å². The molecular formula is C11H19N3S. The number of hydrogen-bond donors (Lipinski definition) is 1. The number of thiazole rings is 1. The number of likely N-dealkylation sites (tertiary alicyclic amines) is 1. The van der Waals surface area contributed by atoms with Crippen LogP contribution >= 0.6 is 11.3 Å². The molecule has 2 heterocycles. The van der Waals surface area contributed by atoms with E-state index in [1.165, 1.54) is 38.0 Å². The molecular weight excluding hydrogens is 206 g/mol. The van der Waals surface area contributed by atoms with Crippen molar-refractivity contribution < 1.29 is 0 Å². The van der Waals surface area contributed by atoms with Gasteiger partial charge in [0.1, 0.15) is 0 Å². The average Bonchev–Trinajstić information content (AvgIpc) is 2.74. The van der Waals surface area contributed by atoms with E-state index in [9.17, 15) is 0 Å². The van der Waals surface area contributed by atoms with Crippen LogP contribution in [0.1, 0.15) is 25.0 Å². The van der Waals surface area contributed by atoms with E-state index in [0.29, 0.717) is 0 Å². The summed E-state index contributed by atoms with van der Waals surface area (Å²) in [6, 6.07) is 0. The van der Waals surface area contributed by atoms with Crippen molar-refractivity contribution in [2.24, 2.45) is 11.7 Å². The number of piperidine rings is 1. The largest absolute Gasteiger partial charge is 0.330 e. The van der Waals surface area contributed by atoms with E-state index in [1.807, 2.05) is 5.51 Å². The molecule has 0 radical (unpaired) electrons. The second-order valence-electron chi connectivity index (χ2n) is 4.28. The predicted molar refractivity (Wildman–Crippen MR) is 63.8 cm³/mol. The monoisotopic (exact) mass is 225 g/mol. The molecule has 2 N–H and O–H groups in total. The number of aromatic nitrogens is 1. The van der Waals surface area contributed by atoms with Crippen LogP contribution in [0.25, 0.3) is 0 Å². The normalized spacial score (nSPS) is 19.5. The van der Waals surface area contributed by atoms with Crippen LogP contribution in [0.3, 0.4) is 0 Å². The molecule has 0 aromatic carbocycles. The third-order valence-electron chi connectivity index (χ3n) is 3.15. The SMILES string of the molecule is NCCC1CCN(Cc2cscn2)CC1. The minimum atomic E-state index is 0.844. The van der Waals surface area contributed by atoms with Gasteiger partial charge in [-0.05, 0) is 44.8 Å². The van der Waals surface area contributed by atoms with Crippen molar-refractivity contribution in [1.82, 2.24) is 9.88 Å². The molecule has 3 nitrogen and oxygen atoms in total. The van der Waals surface area contributed by atoms with E-state index in [-0.39, 0.29) is 0 Å². The van der Waals surface area contributed by atoms with Gasteiger partial charge in [-0.15, -0.1) is 11.3 Å². The van der Waals surface area contributed by atoms with E-state index in [2.05, 4.69) is 15.3 Å². The first-order valence-corrected chi connectivity index (χ1v) is 6.62. The minimum absolute atomic E-state index is 0.844. The Morgan fingerprint density at radius 2 is 2.27 bits per heavy atom. The molecule has 15 heavy (non-hydrogen) atoms. The van der Waals surface area contributed by atoms with Gasteiger partial charge in [0.2, 0.25) is 0 Å². The second-order valence-corrected chi connectivity index (χ2v) is 5.00. The number of nitrogens with two attached hydrogens (primary N) is 1. The van der Waals surface area contributed by atoms with E-state index in [1.54, 1.807) is 11.3 Å². The first-order valence-electron chi connectivity index (χ1n) is 5.68. The standard InChI is InChI=1S/C11H19N3S/c12-4-1-10-2-5-14(6-3-10)7-11-8-15-9-13-11/h8-10H,1-7,12H2. The van der Waals surface area contributed by atoms with Crippen LogP contribution in [0.15, 0.2) is 10.9 Å². The summed E-state index contributed by atoms with van der Waals surface area (Å²) >= 11 is 1.68. The Labute approximate surface area is 95.3 Å². The molecule has 0 bridgehead atoms. The van der Waals surface area contributed by atoms with E-state index in [4.69, 9.17) is 5.73 Å². The van der Waals surface area contributed by atoms with Crippen molar-refractivity contribution >= 4 is 11.3 Å². The van der Waals surface area contributed by atoms with Crippen LogP contribution in [0.2, 0.25) is 0 Å². The predicted octanol–water partition coefficient (Wildman–Crippen LogP) is 1.70. The molecule has 0 amide bonds. The molecule has 1 aromatic rings. The average molecular weight is 225 g/mol. The maximum Gasteiger partial charge on any atom is 0.0795 e. The Bertz CT molecular complexity index is 265. The van der Waals surface area contributed by atoms with Crippen molar-refractivity contribution in [3.63, 3.8) is 0 Å². The van der Waals surface area contributed by atoms with Gasteiger partial charge in [-0.3, -0.25) is 4.90 Å². The Balaban J connectivity index is 1.74. The lowest BCUT2D eigenvalue weighted by atomic mass is 9.93. The summed E-state index contributed by atoms with van der Waals surface area (Å²) in [5.74, 6) is 0.863. The van der Waals surface area contributed by atoms with Crippen molar-refractivity contribution in [1.29, 1.82) is 0 Å². The first kappa shape index (κ1) is 11.0. The molecule has 1 saturated heterocycles. The fraction of sp³-hybridized carbons (Fsp3) is 0.727.